The van der Waals surface area contributed by atoms with E-state index in [4.69, 9.17) is 0 Å². The van der Waals surface area contributed by atoms with Gasteiger partial charge in [0.1, 0.15) is 0 Å². The highest BCUT2D eigenvalue weighted by Crippen LogP contribution is 2.13. The molecule has 1 heterocycles. The predicted molar refractivity (Wildman–Crippen MR) is 67.3 cm³/mol. The fourth-order valence-corrected chi connectivity index (χ4v) is 2.21. The third-order valence-electron chi connectivity index (χ3n) is 3.08. The van der Waals surface area contributed by atoms with Crippen molar-refractivity contribution >= 4 is 5.91 Å². The van der Waals surface area contributed by atoms with Gasteiger partial charge in [-0.25, -0.2) is 0 Å². The van der Waals surface area contributed by atoms with Crippen LogP contribution in [0.15, 0.2) is 0 Å². The van der Waals surface area contributed by atoms with Gasteiger partial charge in [-0.15, -0.1) is 0 Å². The summed E-state index contributed by atoms with van der Waals surface area (Å²) in [6, 6.07) is 0.369. The van der Waals surface area contributed by atoms with Gasteiger partial charge < -0.3 is 10.2 Å². The smallest absolute Gasteiger partial charge is 0.239 e. The summed E-state index contributed by atoms with van der Waals surface area (Å²) in [4.78, 5) is 14.4. The molecule has 1 aliphatic rings. The molecule has 0 aromatic heterocycles. The minimum Gasteiger partial charge on any atom is -0.339 e. The quantitative estimate of drug-likeness (QED) is 0.795. The number of nitrogens with one attached hydrogen (secondary N) is 1. The lowest BCUT2D eigenvalue weighted by atomic mass is 10.0. The van der Waals surface area contributed by atoms with Gasteiger partial charge in [0.2, 0.25) is 5.91 Å². The highest BCUT2D eigenvalue weighted by molar-refractivity contribution is 5.82. The van der Waals surface area contributed by atoms with Crippen molar-refractivity contribution in [1.82, 2.24) is 10.2 Å². The van der Waals surface area contributed by atoms with Crippen molar-refractivity contribution in [3.8, 4) is 0 Å². The van der Waals surface area contributed by atoms with Crippen LogP contribution >= 0.6 is 0 Å². The summed E-state index contributed by atoms with van der Waals surface area (Å²) in [7, 11) is 0. The van der Waals surface area contributed by atoms with E-state index in [0.29, 0.717) is 17.9 Å². The standard InChI is InChI=1S/C13H26N2O/c1-10(2)9-15(11(3)4)13(16)12-7-5-6-8-14-12/h10-12,14H,5-9H2,1-4H3/t12-/m1/s1. The molecule has 94 valence electrons. The maximum atomic E-state index is 12.3. The topological polar surface area (TPSA) is 32.3 Å². The maximum absolute atomic E-state index is 12.3. The number of amides is 1. The number of rotatable bonds is 4. The first-order valence-electron chi connectivity index (χ1n) is 6.56. The maximum Gasteiger partial charge on any atom is 0.239 e. The molecule has 1 aliphatic heterocycles. The molecule has 3 nitrogen and oxygen atoms in total. The highest BCUT2D eigenvalue weighted by atomic mass is 16.2. The van der Waals surface area contributed by atoms with Crippen LogP contribution in [0.3, 0.4) is 0 Å². The summed E-state index contributed by atoms with van der Waals surface area (Å²) in [5.74, 6) is 0.832. The van der Waals surface area contributed by atoms with Crippen LogP contribution in [0.25, 0.3) is 0 Å². The van der Waals surface area contributed by atoms with Crippen LogP contribution in [0.1, 0.15) is 47.0 Å². The molecule has 1 fully saturated rings. The van der Waals surface area contributed by atoms with E-state index < -0.39 is 0 Å². The Morgan fingerprint density at radius 2 is 2.00 bits per heavy atom. The Bertz CT molecular complexity index is 220. The summed E-state index contributed by atoms with van der Waals surface area (Å²) in [5.41, 5.74) is 0. The molecule has 0 aliphatic carbocycles. The molecule has 0 spiro atoms. The Morgan fingerprint density at radius 1 is 1.31 bits per heavy atom. The van der Waals surface area contributed by atoms with E-state index in [9.17, 15) is 4.79 Å². The van der Waals surface area contributed by atoms with E-state index >= 15 is 0 Å². The molecule has 0 saturated carbocycles. The molecular formula is C13H26N2O. The number of hydrogen-bond acceptors (Lipinski definition) is 2. The van der Waals surface area contributed by atoms with Crippen LogP contribution in [-0.2, 0) is 4.79 Å². The number of carbonyl (C=O) groups is 1. The monoisotopic (exact) mass is 226 g/mol. The zero-order valence-corrected chi connectivity index (χ0v) is 11.1. The van der Waals surface area contributed by atoms with Gasteiger partial charge in [0.15, 0.2) is 0 Å². The molecule has 1 amide bonds. The molecule has 0 unspecified atom stereocenters. The SMILES string of the molecule is CC(C)CN(C(=O)[C@H]1CCCCN1)C(C)C. The minimum absolute atomic E-state index is 0.0647. The third kappa shape index (κ3) is 3.78. The zero-order chi connectivity index (χ0) is 12.1. The van der Waals surface area contributed by atoms with Gasteiger partial charge in [-0.1, -0.05) is 20.3 Å². The average molecular weight is 226 g/mol. The van der Waals surface area contributed by atoms with Crippen LogP contribution in [0.5, 0.6) is 0 Å². The summed E-state index contributed by atoms with van der Waals surface area (Å²) < 4.78 is 0. The number of nitrogens with zero attached hydrogens (tertiary/aromatic N) is 1. The Labute approximate surface area is 99.6 Å². The van der Waals surface area contributed by atoms with Crippen molar-refractivity contribution < 1.29 is 4.79 Å². The fourth-order valence-electron chi connectivity index (χ4n) is 2.21. The summed E-state index contributed by atoms with van der Waals surface area (Å²) in [6.45, 7) is 10.4. The highest BCUT2D eigenvalue weighted by Gasteiger charge is 2.27. The van der Waals surface area contributed by atoms with E-state index in [-0.39, 0.29) is 6.04 Å². The van der Waals surface area contributed by atoms with Gasteiger partial charge in [0.05, 0.1) is 6.04 Å². The second-order valence-electron chi connectivity index (χ2n) is 5.48. The van der Waals surface area contributed by atoms with Crippen LogP contribution in [0.4, 0.5) is 0 Å². The predicted octanol–water partition coefficient (Wildman–Crippen LogP) is 2.02. The average Bonchev–Trinajstić information content (AvgIpc) is 2.25. The molecular weight excluding hydrogens is 200 g/mol. The summed E-state index contributed by atoms with van der Waals surface area (Å²) in [6.07, 6.45) is 3.38. The number of piperidine rings is 1. The fraction of sp³-hybridized carbons (Fsp3) is 0.923. The Balaban J connectivity index is 2.58. The van der Waals surface area contributed by atoms with Crippen LogP contribution in [-0.4, -0.2) is 36.0 Å². The van der Waals surface area contributed by atoms with Crippen molar-refractivity contribution in [2.75, 3.05) is 13.1 Å². The van der Waals surface area contributed by atoms with Gasteiger partial charge in [-0.3, -0.25) is 4.79 Å². The van der Waals surface area contributed by atoms with Crippen LogP contribution in [0.2, 0.25) is 0 Å². The lowest BCUT2D eigenvalue weighted by Gasteiger charge is -2.33. The van der Waals surface area contributed by atoms with Crippen molar-refractivity contribution in [1.29, 1.82) is 0 Å². The van der Waals surface area contributed by atoms with Gasteiger partial charge in [0, 0.05) is 12.6 Å². The van der Waals surface area contributed by atoms with Crippen molar-refractivity contribution in [3.05, 3.63) is 0 Å². The third-order valence-corrected chi connectivity index (χ3v) is 3.08. The molecule has 0 aromatic carbocycles. The molecule has 1 saturated heterocycles. The lowest BCUT2D eigenvalue weighted by molar-refractivity contribution is -0.136. The van der Waals surface area contributed by atoms with Crippen molar-refractivity contribution in [3.63, 3.8) is 0 Å². The molecule has 3 heteroatoms. The number of hydrogen-bond donors (Lipinski definition) is 1. The molecule has 0 bridgehead atoms. The normalized spacial score (nSPS) is 21.5. The van der Waals surface area contributed by atoms with Crippen molar-refractivity contribution in [2.45, 2.75) is 59.0 Å². The number of carbonyl (C=O) groups excluding carboxylic acids is 1. The summed E-state index contributed by atoms with van der Waals surface area (Å²) in [5, 5.41) is 3.34. The first-order valence-corrected chi connectivity index (χ1v) is 6.56. The van der Waals surface area contributed by atoms with Gasteiger partial charge in [-0.2, -0.15) is 0 Å². The van der Waals surface area contributed by atoms with Gasteiger partial charge in [-0.05, 0) is 39.2 Å². The molecule has 1 rings (SSSR count). The van der Waals surface area contributed by atoms with E-state index in [1.54, 1.807) is 0 Å². The second-order valence-corrected chi connectivity index (χ2v) is 5.48. The molecule has 0 radical (unpaired) electrons. The molecule has 0 aromatic rings. The Hall–Kier alpha value is -0.570. The van der Waals surface area contributed by atoms with Crippen molar-refractivity contribution in [2.24, 2.45) is 5.92 Å². The van der Waals surface area contributed by atoms with E-state index in [1.807, 2.05) is 4.90 Å². The van der Waals surface area contributed by atoms with E-state index in [2.05, 4.69) is 33.0 Å². The van der Waals surface area contributed by atoms with Gasteiger partial charge >= 0.3 is 0 Å². The van der Waals surface area contributed by atoms with E-state index in [0.717, 1.165) is 19.5 Å². The van der Waals surface area contributed by atoms with Crippen LogP contribution < -0.4 is 5.32 Å². The van der Waals surface area contributed by atoms with Gasteiger partial charge in [0.25, 0.3) is 0 Å². The molecule has 16 heavy (non-hydrogen) atoms. The minimum atomic E-state index is 0.0647. The second kappa shape index (κ2) is 6.24. The Morgan fingerprint density at radius 3 is 2.44 bits per heavy atom. The zero-order valence-electron chi connectivity index (χ0n) is 11.1. The lowest BCUT2D eigenvalue weighted by Crippen LogP contribution is -2.51. The first kappa shape index (κ1) is 13.5. The first-order chi connectivity index (χ1) is 7.52. The van der Waals surface area contributed by atoms with E-state index in [1.165, 1.54) is 12.8 Å². The summed E-state index contributed by atoms with van der Waals surface area (Å²) >= 11 is 0. The van der Waals surface area contributed by atoms with Crippen LogP contribution in [0, 0.1) is 5.92 Å². The Kier molecular flexibility index (Phi) is 5.26. The molecule has 1 N–H and O–H groups in total. The molecule has 1 atom stereocenters. The largest absolute Gasteiger partial charge is 0.339 e.